The van der Waals surface area contributed by atoms with Crippen LogP contribution in [0.5, 0.6) is 5.75 Å². The average Bonchev–Trinajstić information content (AvgIpc) is 2.31. The Bertz CT molecular complexity index is 305. The van der Waals surface area contributed by atoms with Crippen molar-refractivity contribution < 1.29 is 4.74 Å². The second kappa shape index (κ2) is 5.06. The zero-order valence-electron chi connectivity index (χ0n) is 9.25. The second-order valence-electron chi connectivity index (χ2n) is 4.11. The number of benzene rings is 1. The van der Waals surface area contributed by atoms with E-state index in [0.717, 1.165) is 11.4 Å². The summed E-state index contributed by atoms with van der Waals surface area (Å²) in [5, 5.41) is 3.56. The number of nitrogens with one attached hydrogen (secondary N) is 1. The quantitative estimate of drug-likeness (QED) is 0.816. The molecule has 15 heavy (non-hydrogen) atoms. The lowest BCUT2D eigenvalue weighted by atomic mass is 9.95. The predicted molar refractivity (Wildman–Crippen MR) is 62.3 cm³/mol. The lowest BCUT2D eigenvalue weighted by Crippen LogP contribution is -2.22. The Labute approximate surface area is 91.6 Å². The van der Waals surface area contributed by atoms with Crippen LogP contribution in [0, 0.1) is 6.07 Å². The summed E-state index contributed by atoms with van der Waals surface area (Å²) in [5.41, 5.74) is 1.10. The fraction of sp³-hybridized carbons (Fsp3) is 0.538. The Morgan fingerprint density at radius 1 is 1.33 bits per heavy atom. The maximum atomic E-state index is 5.29. The third kappa shape index (κ3) is 2.65. The lowest BCUT2D eigenvalue weighted by molar-refractivity contribution is 0.413. The van der Waals surface area contributed by atoms with Crippen LogP contribution in [0.3, 0.4) is 0 Å². The van der Waals surface area contributed by atoms with Crippen LogP contribution in [0.4, 0.5) is 5.69 Å². The van der Waals surface area contributed by atoms with Gasteiger partial charge in [-0.3, -0.25) is 0 Å². The van der Waals surface area contributed by atoms with Crippen LogP contribution in [0.1, 0.15) is 32.1 Å². The molecule has 0 spiro atoms. The number of ether oxygens (including phenoxy) is 1. The Kier molecular flexibility index (Phi) is 3.49. The molecule has 1 fully saturated rings. The molecule has 0 atom stereocenters. The summed E-state index contributed by atoms with van der Waals surface area (Å²) >= 11 is 0. The second-order valence-corrected chi connectivity index (χ2v) is 4.11. The van der Waals surface area contributed by atoms with Crippen LogP contribution in [-0.4, -0.2) is 13.2 Å². The smallest absolute Gasteiger partial charge is 0.142 e. The summed E-state index contributed by atoms with van der Waals surface area (Å²) in [6.07, 6.45) is 6.64. The SMILES string of the molecule is COc1c[c]ccc1NC1CCCCC1. The van der Waals surface area contributed by atoms with Crippen LogP contribution in [0.25, 0.3) is 0 Å². The summed E-state index contributed by atoms with van der Waals surface area (Å²) in [7, 11) is 1.70. The van der Waals surface area contributed by atoms with Gasteiger partial charge in [-0.15, -0.1) is 0 Å². The van der Waals surface area contributed by atoms with E-state index in [1.54, 1.807) is 7.11 Å². The summed E-state index contributed by atoms with van der Waals surface area (Å²) in [4.78, 5) is 0. The van der Waals surface area contributed by atoms with Crippen molar-refractivity contribution >= 4 is 5.69 Å². The van der Waals surface area contributed by atoms with E-state index in [-0.39, 0.29) is 0 Å². The van der Waals surface area contributed by atoms with Gasteiger partial charge >= 0.3 is 0 Å². The fourth-order valence-electron chi connectivity index (χ4n) is 2.17. The zero-order chi connectivity index (χ0) is 10.5. The molecule has 0 aliphatic heterocycles. The summed E-state index contributed by atoms with van der Waals surface area (Å²) < 4.78 is 5.29. The van der Waals surface area contributed by atoms with E-state index in [1.165, 1.54) is 32.1 Å². The van der Waals surface area contributed by atoms with E-state index in [0.29, 0.717) is 6.04 Å². The number of hydrogen-bond acceptors (Lipinski definition) is 2. The van der Waals surface area contributed by atoms with Crippen LogP contribution < -0.4 is 10.1 Å². The minimum Gasteiger partial charge on any atom is -0.495 e. The van der Waals surface area contributed by atoms with Crippen LogP contribution in [0.15, 0.2) is 18.2 Å². The van der Waals surface area contributed by atoms with Crippen LogP contribution in [0.2, 0.25) is 0 Å². The van der Waals surface area contributed by atoms with E-state index < -0.39 is 0 Å². The molecule has 1 aliphatic carbocycles. The number of rotatable bonds is 3. The molecule has 0 bridgehead atoms. The molecule has 0 aromatic heterocycles. The van der Waals surface area contributed by atoms with Crippen molar-refractivity contribution in [2.45, 2.75) is 38.1 Å². The van der Waals surface area contributed by atoms with Gasteiger partial charge in [0.05, 0.1) is 12.8 Å². The van der Waals surface area contributed by atoms with Crippen LogP contribution >= 0.6 is 0 Å². The van der Waals surface area contributed by atoms with Gasteiger partial charge in [0, 0.05) is 6.04 Å². The minimum atomic E-state index is 0.620. The van der Waals surface area contributed by atoms with Crippen molar-refractivity contribution in [1.29, 1.82) is 0 Å². The first kappa shape index (κ1) is 10.3. The van der Waals surface area contributed by atoms with Gasteiger partial charge in [0.15, 0.2) is 0 Å². The molecule has 0 saturated heterocycles. The largest absolute Gasteiger partial charge is 0.495 e. The van der Waals surface area contributed by atoms with Crippen LogP contribution in [-0.2, 0) is 0 Å². The molecular formula is C13H18NO. The Morgan fingerprint density at radius 2 is 2.13 bits per heavy atom. The van der Waals surface area contributed by atoms with Gasteiger partial charge in [-0.25, -0.2) is 0 Å². The maximum absolute atomic E-state index is 5.29. The highest BCUT2D eigenvalue weighted by atomic mass is 16.5. The third-order valence-corrected chi connectivity index (χ3v) is 3.01. The van der Waals surface area contributed by atoms with E-state index in [1.807, 2.05) is 18.2 Å². The lowest BCUT2D eigenvalue weighted by Gasteiger charge is -2.24. The first-order valence-corrected chi connectivity index (χ1v) is 5.71. The summed E-state index contributed by atoms with van der Waals surface area (Å²) in [6.45, 7) is 0. The van der Waals surface area contributed by atoms with Gasteiger partial charge in [-0.05, 0) is 31.0 Å². The van der Waals surface area contributed by atoms with Gasteiger partial charge in [0.1, 0.15) is 5.75 Å². The van der Waals surface area contributed by atoms with Gasteiger partial charge < -0.3 is 10.1 Å². The monoisotopic (exact) mass is 204 g/mol. The summed E-state index contributed by atoms with van der Waals surface area (Å²) in [6, 6.07) is 9.48. The number of hydrogen-bond donors (Lipinski definition) is 1. The molecule has 2 rings (SSSR count). The van der Waals surface area contributed by atoms with Crippen molar-refractivity contribution in [3.05, 3.63) is 24.3 Å². The maximum Gasteiger partial charge on any atom is 0.142 e. The van der Waals surface area contributed by atoms with E-state index >= 15 is 0 Å². The molecule has 1 aliphatic rings. The summed E-state index contributed by atoms with van der Waals surface area (Å²) in [5.74, 6) is 0.892. The van der Waals surface area contributed by atoms with E-state index in [4.69, 9.17) is 4.74 Å². The fourth-order valence-corrected chi connectivity index (χ4v) is 2.17. The number of anilines is 1. The molecule has 0 heterocycles. The molecule has 81 valence electrons. The van der Waals surface area contributed by atoms with E-state index in [9.17, 15) is 0 Å². The van der Waals surface area contributed by atoms with Crippen molar-refractivity contribution in [3.63, 3.8) is 0 Å². The molecule has 0 amide bonds. The van der Waals surface area contributed by atoms with Gasteiger partial charge in [-0.1, -0.05) is 25.3 Å². The molecule has 1 aromatic carbocycles. The molecule has 2 heteroatoms. The third-order valence-electron chi connectivity index (χ3n) is 3.01. The Hall–Kier alpha value is -1.18. The van der Waals surface area contributed by atoms with Gasteiger partial charge in [0.2, 0.25) is 0 Å². The normalized spacial score (nSPS) is 17.4. The average molecular weight is 204 g/mol. The first-order valence-electron chi connectivity index (χ1n) is 5.71. The molecule has 1 aromatic rings. The van der Waals surface area contributed by atoms with Crippen molar-refractivity contribution in [1.82, 2.24) is 0 Å². The molecule has 1 N–H and O–H groups in total. The zero-order valence-corrected chi connectivity index (χ0v) is 9.25. The number of methoxy groups -OCH3 is 1. The molecule has 1 radical (unpaired) electrons. The molecular weight excluding hydrogens is 186 g/mol. The van der Waals surface area contributed by atoms with Gasteiger partial charge in [0.25, 0.3) is 0 Å². The Balaban J connectivity index is 2.02. The predicted octanol–water partition coefficient (Wildman–Crippen LogP) is 3.24. The highest BCUT2D eigenvalue weighted by Crippen LogP contribution is 2.27. The minimum absolute atomic E-state index is 0.620. The molecule has 0 unspecified atom stereocenters. The Morgan fingerprint density at radius 3 is 2.87 bits per heavy atom. The van der Waals surface area contributed by atoms with Crippen molar-refractivity contribution in [2.75, 3.05) is 12.4 Å². The van der Waals surface area contributed by atoms with Crippen molar-refractivity contribution in [2.24, 2.45) is 0 Å². The topological polar surface area (TPSA) is 21.3 Å². The molecule has 1 saturated carbocycles. The highest BCUT2D eigenvalue weighted by molar-refractivity contribution is 5.56. The van der Waals surface area contributed by atoms with Gasteiger partial charge in [-0.2, -0.15) is 0 Å². The highest BCUT2D eigenvalue weighted by Gasteiger charge is 2.14. The standard InChI is InChI=1S/C13H18NO/c1-15-13-10-6-5-9-12(13)14-11-7-3-2-4-8-11/h5,9-11,14H,2-4,7-8H2,1H3. The van der Waals surface area contributed by atoms with Crippen molar-refractivity contribution in [3.8, 4) is 5.75 Å². The first-order chi connectivity index (χ1) is 7.40. The molecule has 2 nitrogen and oxygen atoms in total. The van der Waals surface area contributed by atoms with E-state index in [2.05, 4.69) is 11.4 Å².